The van der Waals surface area contributed by atoms with Crippen molar-refractivity contribution in [3.05, 3.63) is 16.8 Å². The Hall–Kier alpha value is -1.03. The minimum atomic E-state index is -0.509. The standard InChI is InChI=1S/C7H8ClNO3/c1-3-11-6(10)5-4(2)12-7(8)9-5/h3H2,1-2H3. The smallest absolute Gasteiger partial charge is 0.360 e. The van der Waals surface area contributed by atoms with Crippen LogP contribution in [0.5, 0.6) is 0 Å². The minimum Gasteiger partial charge on any atom is -0.461 e. The summed E-state index contributed by atoms with van der Waals surface area (Å²) in [7, 11) is 0. The lowest BCUT2D eigenvalue weighted by atomic mass is 10.4. The van der Waals surface area contributed by atoms with Crippen molar-refractivity contribution in [2.45, 2.75) is 13.8 Å². The molecular formula is C7H8ClNO3. The molecule has 0 aliphatic rings. The summed E-state index contributed by atoms with van der Waals surface area (Å²) in [6, 6.07) is 0. The van der Waals surface area contributed by atoms with E-state index in [0.717, 1.165) is 0 Å². The number of aryl methyl sites for hydroxylation is 1. The van der Waals surface area contributed by atoms with E-state index < -0.39 is 5.97 Å². The van der Waals surface area contributed by atoms with Crippen LogP contribution in [0.15, 0.2) is 4.42 Å². The normalized spacial score (nSPS) is 9.92. The van der Waals surface area contributed by atoms with E-state index in [1.807, 2.05) is 0 Å². The molecule has 0 saturated heterocycles. The number of esters is 1. The maximum Gasteiger partial charge on any atom is 0.360 e. The number of ether oxygens (including phenoxy) is 1. The first-order chi connectivity index (χ1) is 5.65. The van der Waals surface area contributed by atoms with Gasteiger partial charge >= 0.3 is 5.97 Å². The van der Waals surface area contributed by atoms with Crippen LogP contribution in [0.2, 0.25) is 5.35 Å². The van der Waals surface area contributed by atoms with Crippen LogP contribution >= 0.6 is 11.6 Å². The van der Waals surface area contributed by atoms with E-state index in [1.54, 1.807) is 13.8 Å². The molecule has 1 rings (SSSR count). The van der Waals surface area contributed by atoms with Gasteiger partial charge in [-0.05, 0) is 25.4 Å². The third-order valence-electron chi connectivity index (χ3n) is 1.24. The second kappa shape index (κ2) is 3.58. The summed E-state index contributed by atoms with van der Waals surface area (Å²) < 4.78 is 9.54. The maximum absolute atomic E-state index is 11.1. The van der Waals surface area contributed by atoms with Crippen LogP contribution < -0.4 is 0 Å². The lowest BCUT2D eigenvalue weighted by Gasteiger charge is -1.96. The van der Waals surface area contributed by atoms with Gasteiger partial charge in [-0.1, -0.05) is 0 Å². The van der Waals surface area contributed by atoms with Crippen molar-refractivity contribution in [3.63, 3.8) is 0 Å². The molecule has 0 aromatic carbocycles. The molecule has 0 unspecified atom stereocenters. The van der Waals surface area contributed by atoms with E-state index in [1.165, 1.54) is 0 Å². The number of hydrogen-bond acceptors (Lipinski definition) is 4. The molecule has 1 heterocycles. The topological polar surface area (TPSA) is 52.3 Å². The summed E-state index contributed by atoms with van der Waals surface area (Å²) in [6.45, 7) is 3.63. The minimum absolute atomic E-state index is 0.0458. The van der Waals surface area contributed by atoms with Crippen molar-refractivity contribution in [3.8, 4) is 0 Å². The fourth-order valence-corrected chi connectivity index (χ4v) is 0.953. The van der Waals surface area contributed by atoms with Crippen LogP contribution in [0, 0.1) is 6.92 Å². The van der Waals surface area contributed by atoms with Crippen molar-refractivity contribution in [2.75, 3.05) is 6.61 Å². The Bertz CT molecular complexity index is 295. The first kappa shape index (κ1) is 9.06. The van der Waals surface area contributed by atoms with Crippen LogP contribution in [-0.2, 0) is 4.74 Å². The molecule has 0 aliphatic carbocycles. The van der Waals surface area contributed by atoms with E-state index in [2.05, 4.69) is 4.98 Å². The molecule has 0 spiro atoms. The van der Waals surface area contributed by atoms with Crippen LogP contribution in [0.4, 0.5) is 0 Å². The van der Waals surface area contributed by atoms with E-state index in [4.69, 9.17) is 20.8 Å². The van der Waals surface area contributed by atoms with Gasteiger partial charge in [-0.2, -0.15) is 4.98 Å². The average Bonchev–Trinajstić information content (AvgIpc) is 2.30. The van der Waals surface area contributed by atoms with Gasteiger partial charge in [0.2, 0.25) is 0 Å². The first-order valence-electron chi connectivity index (χ1n) is 3.45. The van der Waals surface area contributed by atoms with Gasteiger partial charge in [-0.25, -0.2) is 4.79 Å². The number of rotatable bonds is 2. The van der Waals surface area contributed by atoms with Gasteiger partial charge in [0.05, 0.1) is 6.61 Å². The zero-order valence-electron chi connectivity index (χ0n) is 6.76. The molecule has 0 saturated carbocycles. The predicted molar refractivity (Wildman–Crippen MR) is 42.2 cm³/mol. The van der Waals surface area contributed by atoms with Crippen molar-refractivity contribution in [1.82, 2.24) is 4.98 Å². The zero-order valence-corrected chi connectivity index (χ0v) is 7.51. The number of carbonyl (C=O) groups excluding carboxylic acids is 1. The molecule has 5 heteroatoms. The Labute approximate surface area is 74.5 Å². The van der Waals surface area contributed by atoms with Crippen molar-refractivity contribution < 1.29 is 13.9 Å². The van der Waals surface area contributed by atoms with Gasteiger partial charge in [-0.3, -0.25) is 0 Å². The molecule has 0 fully saturated rings. The van der Waals surface area contributed by atoms with Gasteiger partial charge in [0.15, 0.2) is 5.69 Å². The summed E-state index contributed by atoms with van der Waals surface area (Å²) in [5, 5.41) is -0.0458. The number of halogens is 1. The summed E-state index contributed by atoms with van der Waals surface area (Å²) in [5.41, 5.74) is 0.141. The molecular weight excluding hydrogens is 182 g/mol. The molecule has 1 aromatic heterocycles. The second-order valence-electron chi connectivity index (χ2n) is 2.09. The quantitative estimate of drug-likeness (QED) is 0.666. The second-order valence-corrected chi connectivity index (χ2v) is 2.42. The largest absolute Gasteiger partial charge is 0.461 e. The summed E-state index contributed by atoms with van der Waals surface area (Å²) >= 11 is 5.42. The molecule has 66 valence electrons. The Morgan fingerprint density at radius 3 is 2.83 bits per heavy atom. The fraction of sp³-hybridized carbons (Fsp3) is 0.429. The Morgan fingerprint density at radius 1 is 1.75 bits per heavy atom. The Morgan fingerprint density at radius 2 is 2.42 bits per heavy atom. The molecule has 0 amide bonds. The maximum atomic E-state index is 11.1. The van der Waals surface area contributed by atoms with E-state index in [9.17, 15) is 4.79 Å². The molecule has 4 nitrogen and oxygen atoms in total. The molecule has 12 heavy (non-hydrogen) atoms. The monoisotopic (exact) mass is 189 g/mol. The third-order valence-corrected chi connectivity index (χ3v) is 1.40. The SMILES string of the molecule is CCOC(=O)c1nc(Cl)oc1C. The molecule has 0 radical (unpaired) electrons. The number of oxazole rings is 1. The Kier molecular flexibility index (Phi) is 2.70. The lowest BCUT2D eigenvalue weighted by molar-refractivity contribution is 0.0518. The molecule has 1 aromatic rings. The van der Waals surface area contributed by atoms with E-state index in [-0.39, 0.29) is 11.0 Å². The van der Waals surface area contributed by atoms with Crippen molar-refractivity contribution in [1.29, 1.82) is 0 Å². The van der Waals surface area contributed by atoms with Crippen LogP contribution in [0.1, 0.15) is 23.2 Å². The third kappa shape index (κ3) is 1.76. The molecule has 0 bridgehead atoms. The van der Waals surface area contributed by atoms with Crippen LogP contribution in [-0.4, -0.2) is 17.6 Å². The van der Waals surface area contributed by atoms with Crippen molar-refractivity contribution in [2.24, 2.45) is 0 Å². The number of nitrogens with zero attached hydrogens (tertiary/aromatic N) is 1. The molecule has 0 N–H and O–H groups in total. The Balaban J connectivity index is 2.87. The predicted octanol–water partition coefficient (Wildman–Crippen LogP) is 1.81. The first-order valence-corrected chi connectivity index (χ1v) is 3.83. The van der Waals surface area contributed by atoms with Gasteiger partial charge < -0.3 is 9.15 Å². The molecule has 0 aliphatic heterocycles. The van der Waals surface area contributed by atoms with Gasteiger partial charge in [0, 0.05) is 0 Å². The summed E-state index contributed by atoms with van der Waals surface area (Å²) in [4.78, 5) is 14.7. The van der Waals surface area contributed by atoms with Gasteiger partial charge in [0.1, 0.15) is 5.76 Å². The highest BCUT2D eigenvalue weighted by molar-refractivity contribution is 6.27. The summed E-state index contributed by atoms with van der Waals surface area (Å²) in [5.74, 6) is -0.135. The van der Waals surface area contributed by atoms with Gasteiger partial charge in [0.25, 0.3) is 5.35 Å². The number of aromatic nitrogens is 1. The number of carbonyl (C=O) groups is 1. The highest BCUT2D eigenvalue weighted by Crippen LogP contribution is 2.14. The van der Waals surface area contributed by atoms with E-state index in [0.29, 0.717) is 12.4 Å². The number of hydrogen-bond donors (Lipinski definition) is 0. The summed E-state index contributed by atoms with van der Waals surface area (Å²) in [6.07, 6.45) is 0. The van der Waals surface area contributed by atoms with Crippen molar-refractivity contribution >= 4 is 17.6 Å². The highest BCUT2D eigenvalue weighted by atomic mass is 35.5. The lowest BCUT2D eigenvalue weighted by Crippen LogP contribution is -2.06. The fourth-order valence-electron chi connectivity index (χ4n) is 0.753. The average molecular weight is 190 g/mol. The molecule has 0 atom stereocenters. The zero-order chi connectivity index (χ0) is 9.14. The highest BCUT2D eigenvalue weighted by Gasteiger charge is 2.16. The van der Waals surface area contributed by atoms with E-state index >= 15 is 0 Å². The van der Waals surface area contributed by atoms with Crippen LogP contribution in [0.3, 0.4) is 0 Å². The van der Waals surface area contributed by atoms with Gasteiger partial charge in [-0.15, -0.1) is 0 Å². The van der Waals surface area contributed by atoms with Crippen LogP contribution in [0.25, 0.3) is 0 Å².